The van der Waals surface area contributed by atoms with Crippen molar-refractivity contribution in [3.8, 4) is 0 Å². The molecule has 3 N–H and O–H groups in total. The Morgan fingerprint density at radius 2 is 1.71 bits per heavy atom. The maximum atomic E-state index is 5.93. The van der Waals surface area contributed by atoms with Crippen LogP contribution in [0.3, 0.4) is 0 Å². The van der Waals surface area contributed by atoms with Gasteiger partial charge in [-0.15, -0.1) is 0 Å². The van der Waals surface area contributed by atoms with Crippen LogP contribution in [0, 0.1) is 0 Å². The summed E-state index contributed by atoms with van der Waals surface area (Å²) in [5, 5.41) is 3.81. The smallest absolute Gasteiger partial charge is 0.0145 e. The van der Waals surface area contributed by atoms with Gasteiger partial charge in [0.25, 0.3) is 0 Å². The third-order valence-electron chi connectivity index (χ3n) is 4.24. The molecule has 0 saturated heterocycles. The van der Waals surface area contributed by atoms with Crippen molar-refractivity contribution in [1.29, 1.82) is 0 Å². The molecule has 3 rings (SSSR count). The fourth-order valence-corrected chi connectivity index (χ4v) is 3.04. The van der Waals surface area contributed by atoms with E-state index in [1.807, 2.05) is 0 Å². The van der Waals surface area contributed by atoms with Crippen LogP contribution in [-0.2, 0) is 0 Å². The van der Waals surface area contributed by atoms with Gasteiger partial charge in [0.1, 0.15) is 0 Å². The Kier molecular flexibility index (Phi) is 3.17. The number of rotatable bonds is 3. The number of nitrogens with one attached hydrogen (secondary N) is 1. The Balaban J connectivity index is 1.49. The van der Waals surface area contributed by atoms with Crippen molar-refractivity contribution in [2.24, 2.45) is 5.73 Å². The number of hydrogen-bond acceptors (Lipinski definition) is 2. The minimum atomic E-state index is 0.456. The Morgan fingerprint density at radius 3 is 2.41 bits per heavy atom. The normalized spacial score (nSPS) is 36.8. The van der Waals surface area contributed by atoms with Gasteiger partial charge in [-0.3, -0.25) is 0 Å². The molecule has 0 radical (unpaired) electrons. The standard InChI is InChI=1S/C15H22N2/c16-12-6-8-13(9-7-12)17-15-10-14(15)11-4-2-1-3-5-11/h1-5,12-15,17H,6-10,16H2/t12-,13-,14-,15+/m1/s1. The highest BCUT2D eigenvalue weighted by molar-refractivity contribution is 5.27. The van der Waals surface area contributed by atoms with Gasteiger partial charge in [0, 0.05) is 24.0 Å². The van der Waals surface area contributed by atoms with Crippen molar-refractivity contribution in [2.75, 3.05) is 0 Å². The summed E-state index contributed by atoms with van der Waals surface area (Å²) >= 11 is 0. The molecule has 1 aromatic carbocycles. The fourth-order valence-electron chi connectivity index (χ4n) is 3.04. The largest absolute Gasteiger partial charge is 0.328 e. The highest BCUT2D eigenvalue weighted by atomic mass is 15.0. The molecule has 2 atom stereocenters. The van der Waals surface area contributed by atoms with Crippen LogP contribution < -0.4 is 11.1 Å². The Morgan fingerprint density at radius 1 is 1.00 bits per heavy atom. The first-order valence-corrected chi connectivity index (χ1v) is 6.89. The van der Waals surface area contributed by atoms with Crippen molar-refractivity contribution >= 4 is 0 Å². The zero-order chi connectivity index (χ0) is 11.7. The van der Waals surface area contributed by atoms with E-state index in [9.17, 15) is 0 Å². The van der Waals surface area contributed by atoms with Crippen molar-refractivity contribution < 1.29 is 0 Å². The Hall–Kier alpha value is -0.860. The van der Waals surface area contributed by atoms with Crippen LogP contribution in [0.2, 0.25) is 0 Å². The summed E-state index contributed by atoms with van der Waals surface area (Å²) in [5.41, 5.74) is 7.43. The van der Waals surface area contributed by atoms with Gasteiger partial charge in [-0.25, -0.2) is 0 Å². The molecule has 92 valence electrons. The summed E-state index contributed by atoms with van der Waals surface area (Å²) in [6.07, 6.45) is 6.23. The molecule has 2 saturated carbocycles. The monoisotopic (exact) mass is 230 g/mol. The molecule has 2 fully saturated rings. The molecule has 2 nitrogen and oxygen atoms in total. The van der Waals surface area contributed by atoms with E-state index in [1.165, 1.54) is 37.7 Å². The average molecular weight is 230 g/mol. The van der Waals surface area contributed by atoms with Crippen LogP contribution in [0.25, 0.3) is 0 Å². The van der Waals surface area contributed by atoms with Gasteiger partial charge in [-0.05, 0) is 37.7 Å². The molecule has 1 aromatic rings. The van der Waals surface area contributed by atoms with E-state index in [2.05, 4.69) is 35.6 Å². The van der Waals surface area contributed by atoms with Crippen molar-refractivity contribution in [3.05, 3.63) is 35.9 Å². The van der Waals surface area contributed by atoms with E-state index < -0.39 is 0 Å². The van der Waals surface area contributed by atoms with Gasteiger partial charge in [0.15, 0.2) is 0 Å². The predicted molar refractivity (Wildman–Crippen MR) is 71.0 cm³/mol. The average Bonchev–Trinajstić information content (AvgIpc) is 3.13. The summed E-state index contributed by atoms with van der Waals surface area (Å²) in [6, 6.07) is 12.8. The van der Waals surface area contributed by atoms with E-state index in [0.717, 1.165) is 12.0 Å². The molecule has 0 heterocycles. The third-order valence-corrected chi connectivity index (χ3v) is 4.24. The van der Waals surface area contributed by atoms with Gasteiger partial charge in [-0.1, -0.05) is 30.3 Å². The molecule has 0 unspecified atom stereocenters. The van der Waals surface area contributed by atoms with Crippen LogP contribution in [-0.4, -0.2) is 18.1 Å². The van der Waals surface area contributed by atoms with E-state index >= 15 is 0 Å². The molecular weight excluding hydrogens is 208 g/mol. The second kappa shape index (κ2) is 4.79. The lowest BCUT2D eigenvalue weighted by atomic mass is 9.92. The van der Waals surface area contributed by atoms with Gasteiger partial charge in [0.05, 0.1) is 0 Å². The highest BCUT2D eigenvalue weighted by Crippen LogP contribution is 2.41. The van der Waals surface area contributed by atoms with Crippen molar-refractivity contribution in [2.45, 2.75) is 56.1 Å². The summed E-state index contributed by atoms with van der Waals surface area (Å²) in [6.45, 7) is 0. The Bertz CT molecular complexity index is 354. The predicted octanol–water partition coefficient (Wildman–Crippen LogP) is 2.40. The lowest BCUT2D eigenvalue weighted by molar-refractivity contribution is 0.339. The first-order chi connectivity index (χ1) is 8.33. The van der Waals surface area contributed by atoms with Crippen LogP contribution in [0.5, 0.6) is 0 Å². The zero-order valence-electron chi connectivity index (χ0n) is 10.3. The quantitative estimate of drug-likeness (QED) is 0.837. The van der Waals surface area contributed by atoms with Crippen LogP contribution in [0.4, 0.5) is 0 Å². The van der Waals surface area contributed by atoms with Crippen LogP contribution in [0.15, 0.2) is 30.3 Å². The summed E-state index contributed by atoms with van der Waals surface area (Å²) in [4.78, 5) is 0. The second-order valence-corrected chi connectivity index (χ2v) is 5.64. The SMILES string of the molecule is N[C@H]1CC[C@H](N[C@H]2C[C@@H]2c2ccccc2)CC1. The van der Waals surface area contributed by atoms with Crippen molar-refractivity contribution in [3.63, 3.8) is 0 Å². The second-order valence-electron chi connectivity index (χ2n) is 5.64. The van der Waals surface area contributed by atoms with E-state index in [1.54, 1.807) is 0 Å². The lowest BCUT2D eigenvalue weighted by Gasteiger charge is -2.27. The van der Waals surface area contributed by atoms with Crippen LogP contribution >= 0.6 is 0 Å². The van der Waals surface area contributed by atoms with E-state index in [0.29, 0.717) is 12.1 Å². The Labute approximate surface area is 104 Å². The zero-order valence-corrected chi connectivity index (χ0v) is 10.3. The molecule has 0 bridgehead atoms. The summed E-state index contributed by atoms with van der Waals surface area (Å²) < 4.78 is 0. The number of nitrogens with two attached hydrogens (primary N) is 1. The van der Waals surface area contributed by atoms with Gasteiger partial charge in [0.2, 0.25) is 0 Å². The molecule has 17 heavy (non-hydrogen) atoms. The minimum absolute atomic E-state index is 0.456. The van der Waals surface area contributed by atoms with E-state index in [-0.39, 0.29) is 0 Å². The van der Waals surface area contributed by atoms with E-state index in [4.69, 9.17) is 5.73 Å². The molecule has 2 heteroatoms. The topological polar surface area (TPSA) is 38.0 Å². The van der Waals surface area contributed by atoms with Gasteiger partial charge >= 0.3 is 0 Å². The highest BCUT2D eigenvalue weighted by Gasteiger charge is 2.39. The van der Waals surface area contributed by atoms with Crippen LogP contribution in [0.1, 0.15) is 43.6 Å². The van der Waals surface area contributed by atoms with Gasteiger partial charge < -0.3 is 11.1 Å². The minimum Gasteiger partial charge on any atom is -0.328 e. The third kappa shape index (κ3) is 2.70. The molecule has 0 amide bonds. The lowest BCUT2D eigenvalue weighted by Crippen LogP contribution is -2.38. The maximum Gasteiger partial charge on any atom is 0.0145 e. The fraction of sp³-hybridized carbons (Fsp3) is 0.600. The number of benzene rings is 1. The molecule has 2 aliphatic rings. The maximum absolute atomic E-state index is 5.93. The molecular formula is C15H22N2. The molecule has 2 aliphatic carbocycles. The molecule has 0 aliphatic heterocycles. The van der Waals surface area contributed by atoms with Crippen molar-refractivity contribution in [1.82, 2.24) is 5.32 Å². The van der Waals surface area contributed by atoms with Gasteiger partial charge in [-0.2, -0.15) is 0 Å². The molecule has 0 aromatic heterocycles. The number of hydrogen-bond donors (Lipinski definition) is 2. The first kappa shape index (κ1) is 11.2. The summed E-state index contributed by atoms with van der Waals surface area (Å²) in [5.74, 6) is 0.756. The molecule has 0 spiro atoms. The first-order valence-electron chi connectivity index (χ1n) is 6.89. The summed E-state index contributed by atoms with van der Waals surface area (Å²) in [7, 11) is 0.